The molecule has 0 atom stereocenters. The molecule has 1 saturated heterocycles. The number of aromatic nitrogens is 4. The summed E-state index contributed by atoms with van der Waals surface area (Å²) in [5.74, 6) is 0.844. The Labute approximate surface area is 174 Å². The van der Waals surface area contributed by atoms with Gasteiger partial charge in [-0.2, -0.15) is 10.2 Å². The van der Waals surface area contributed by atoms with Gasteiger partial charge in [-0.1, -0.05) is 30.3 Å². The number of hydrogen-bond acceptors (Lipinski definition) is 4. The number of carbonyl (C=O) groups excluding carboxylic acids is 1. The summed E-state index contributed by atoms with van der Waals surface area (Å²) in [6, 6.07) is 15.8. The van der Waals surface area contributed by atoms with Gasteiger partial charge in [-0.05, 0) is 18.2 Å². The van der Waals surface area contributed by atoms with Crippen molar-refractivity contribution in [2.75, 3.05) is 13.1 Å². The van der Waals surface area contributed by atoms with Gasteiger partial charge in [0, 0.05) is 50.9 Å². The number of H-pyrrole nitrogens is 1. The second-order valence-electron chi connectivity index (χ2n) is 8.03. The predicted octanol–water partition coefficient (Wildman–Crippen LogP) is 3.73. The molecule has 0 saturated carbocycles. The summed E-state index contributed by atoms with van der Waals surface area (Å²) in [6.45, 7) is 1.22. The van der Waals surface area contributed by atoms with Crippen molar-refractivity contribution in [2.24, 2.45) is 7.05 Å². The summed E-state index contributed by atoms with van der Waals surface area (Å²) in [4.78, 5) is 15.1. The molecule has 6 rings (SSSR count). The van der Waals surface area contributed by atoms with Crippen LogP contribution in [0.5, 0.6) is 5.75 Å². The molecule has 152 valence electrons. The summed E-state index contributed by atoms with van der Waals surface area (Å²) in [5, 5.41) is 12.6. The number of nitrogens with one attached hydrogen (secondary N) is 1. The lowest BCUT2D eigenvalue weighted by atomic mass is 9.81. The first-order chi connectivity index (χ1) is 14.7. The molecular formula is C23H23N5O2. The molecule has 2 aromatic carbocycles. The third-order valence-corrected chi connectivity index (χ3v) is 6.41. The minimum atomic E-state index is -0.456. The van der Waals surface area contributed by atoms with Crippen molar-refractivity contribution in [1.82, 2.24) is 24.9 Å². The van der Waals surface area contributed by atoms with E-state index in [0.717, 1.165) is 33.5 Å². The molecule has 4 heterocycles. The third-order valence-electron chi connectivity index (χ3n) is 6.41. The minimum Gasteiger partial charge on any atom is -0.482 e. The van der Waals surface area contributed by atoms with Crippen LogP contribution < -0.4 is 4.74 Å². The zero-order valence-corrected chi connectivity index (χ0v) is 16.6. The Balaban J connectivity index is 0.00000204. The number of rotatable bonds is 1. The van der Waals surface area contributed by atoms with Gasteiger partial charge in [0.05, 0.1) is 17.4 Å². The molecule has 2 aliphatic heterocycles. The average Bonchev–Trinajstić information content (AvgIpc) is 3.39. The molecule has 1 spiro atoms. The van der Waals surface area contributed by atoms with Crippen LogP contribution in [0.25, 0.3) is 22.2 Å². The molecular weight excluding hydrogens is 378 g/mol. The molecule has 4 aromatic rings. The molecule has 0 unspecified atom stereocenters. The van der Waals surface area contributed by atoms with Crippen LogP contribution in [0.3, 0.4) is 0 Å². The highest BCUT2D eigenvalue weighted by Gasteiger charge is 2.46. The van der Waals surface area contributed by atoms with Crippen molar-refractivity contribution < 1.29 is 11.0 Å². The Morgan fingerprint density at radius 1 is 1.13 bits per heavy atom. The van der Waals surface area contributed by atoms with E-state index in [4.69, 9.17) is 4.74 Å². The van der Waals surface area contributed by atoms with E-state index >= 15 is 0 Å². The van der Waals surface area contributed by atoms with Crippen molar-refractivity contribution in [3.63, 3.8) is 0 Å². The highest BCUT2D eigenvalue weighted by atomic mass is 16.5. The minimum absolute atomic E-state index is 0. The maximum Gasteiger partial charge on any atom is 0.274 e. The number of ether oxygens (including phenoxy) is 1. The largest absolute Gasteiger partial charge is 0.482 e. The van der Waals surface area contributed by atoms with Crippen LogP contribution >= 0.6 is 0 Å². The summed E-state index contributed by atoms with van der Waals surface area (Å²) >= 11 is 0. The maximum atomic E-state index is 13.2. The Bertz CT molecular complexity index is 1290. The normalized spacial score (nSPS) is 16.9. The Kier molecular flexibility index (Phi) is 3.56. The van der Waals surface area contributed by atoms with Crippen LogP contribution in [0.1, 0.15) is 30.3 Å². The number of hydrogen-bond donors (Lipinski definition) is 1. The van der Waals surface area contributed by atoms with Gasteiger partial charge in [0.2, 0.25) is 0 Å². The van der Waals surface area contributed by atoms with E-state index in [1.165, 1.54) is 0 Å². The van der Waals surface area contributed by atoms with Gasteiger partial charge in [0.15, 0.2) is 5.69 Å². The quantitative estimate of drug-likeness (QED) is 0.527. The van der Waals surface area contributed by atoms with Crippen LogP contribution in [-0.4, -0.2) is 43.9 Å². The number of aromatic amines is 1. The number of carbonyl (C=O) groups is 1. The van der Waals surface area contributed by atoms with E-state index in [1.807, 2.05) is 65.3 Å². The lowest BCUT2D eigenvalue weighted by Crippen LogP contribution is -2.49. The molecule has 0 radical (unpaired) electrons. The molecule has 0 bridgehead atoms. The lowest BCUT2D eigenvalue weighted by molar-refractivity contribution is -0.00183. The van der Waals surface area contributed by atoms with Crippen LogP contribution in [0, 0.1) is 0 Å². The van der Waals surface area contributed by atoms with E-state index in [-0.39, 0.29) is 7.33 Å². The maximum absolute atomic E-state index is 13.2. The predicted molar refractivity (Wildman–Crippen MR) is 114 cm³/mol. The van der Waals surface area contributed by atoms with Gasteiger partial charge in [-0.25, -0.2) is 0 Å². The van der Waals surface area contributed by atoms with E-state index in [9.17, 15) is 4.79 Å². The molecule has 2 aromatic heterocycles. The number of likely N-dealkylation sites (tertiary alicyclic amines) is 1. The average molecular weight is 401 g/mol. The second kappa shape index (κ2) is 6.19. The fourth-order valence-corrected chi connectivity index (χ4v) is 4.83. The van der Waals surface area contributed by atoms with Crippen molar-refractivity contribution in [2.45, 2.75) is 18.4 Å². The summed E-state index contributed by atoms with van der Waals surface area (Å²) < 4.78 is 8.50. The number of para-hydroxylation sites is 2. The topological polar surface area (TPSA) is 76.0 Å². The second-order valence-corrected chi connectivity index (χ2v) is 8.03. The fraction of sp³-hybridized carbons (Fsp3) is 0.261. The lowest BCUT2D eigenvalue weighted by Gasteiger charge is -2.44. The van der Waals surface area contributed by atoms with Gasteiger partial charge < -0.3 is 9.64 Å². The fourth-order valence-electron chi connectivity index (χ4n) is 4.83. The van der Waals surface area contributed by atoms with E-state index < -0.39 is 5.60 Å². The first-order valence-corrected chi connectivity index (χ1v) is 10.2. The molecule has 2 aliphatic rings. The van der Waals surface area contributed by atoms with Crippen molar-refractivity contribution in [3.05, 3.63) is 66.0 Å². The molecule has 0 aliphatic carbocycles. The Morgan fingerprint density at radius 2 is 1.90 bits per heavy atom. The molecule has 1 amide bonds. The van der Waals surface area contributed by atoms with E-state index in [1.54, 1.807) is 0 Å². The van der Waals surface area contributed by atoms with Gasteiger partial charge in [-0.15, -0.1) is 0 Å². The highest BCUT2D eigenvalue weighted by molar-refractivity contribution is 6.04. The number of nitrogens with zero attached hydrogens (tertiary/aromatic N) is 4. The first-order valence-electron chi connectivity index (χ1n) is 10.2. The SMILES string of the molecule is Cn1ncc2c1-c1ccccc1OC21CCN(C(=O)c2n[nH]c3ccccc23)CC1.[HH]. The van der Waals surface area contributed by atoms with Crippen LogP contribution in [0.4, 0.5) is 0 Å². The van der Waals surface area contributed by atoms with Crippen LogP contribution in [0.15, 0.2) is 54.7 Å². The van der Waals surface area contributed by atoms with Gasteiger partial charge in [0.25, 0.3) is 5.91 Å². The van der Waals surface area contributed by atoms with Gasteiger partial charge in [0.1, 0.15) is 11.4 Å². The van der Waals surface area contributed by atoms with Crippen molar-refractivity contribution in [3.8, 4) is 17.0 Å². The Hall–Kier alpha value is -3.61. The number of aryl methyl sites for hydroxylation is 1. The molecule has 7 heteroatoms. The first kappa shape index (κ1) is 17.3. The van der Waals surface area contributed by atoms with E-state index in [2.05, 4.69) is 21.4 Å². The van der Waals surface area contributed by atoms with Gasteiger partial charge in [-0.3, -0.25) is 14.6 Å². The number of fused-ring (bicyclic) bond motifs is 5. The zero-order chi connectivity index (χ0) is 20.3. The molecule has 30 heavy (non-hydrogen) atoms. The summed E-state index contributed by atoms with van der Waals surface area (Å²) in [5.41, 5.74) is 4.19. The number of piperidine rings is 1. The van der Waals surface area contributed by atoms with Crippen LogP contribution in [-0.2, 0) is 12.6 Å². The standard InChI is InChI=1S/C23H21N5O2.H2/c1-27-21-16-7-3-5-9-19(16)30-23(17(21)14-24-27)10-12-28(13-11-23)22(29)20-15-6-2-4-8-18(15)25-26-20;/h2-9,14H,10-13H2,1H3,(H,25,26);1H. The zero-order valence-electron chi connectivity index (χ0n) is 16.6. The smallest absolute Gasteiger partial charge is 0.274 e. The van der Waals surface area contributed by atoms with Crippen LogP contribution in [0.2, 0.25) is 0 Å². The van der Waals surface area contributed by atoms with Crippen molar-refractivity contribution >= 4 is 16.8 Å². The monoisotopic (exact) mass is 401 g/mol. The van der Waals surface area contributed by atoms with Gasteiger partial charge >= 0.3 is 0 Å². The Morgan fingerprint density at radius 3 is 2.77 bits per heavy atom. The molecule has 1 fully saturated rings. The third kappa shape index (κ3) is 2.35. The number of benzene rings is 2. The number of amides is 1. The molecule has 7 nitrogen and oxygen atoms in total. The van der Waals surface area contributed by atoms with Crippen molar-refractivity contribution in [1.29, 1.82) is 0 Å². The summed E-state index contributed by atoms with van der Waals surface area (Å²) in [6.07, 6.45) is 3.35. The van der Waals surface area contributed by atoms with E-state index in [0.29, 0.717) is 31.6 Å². The summed E-state index contributed by atoms with van der Waals surface area (Å²) in [7, 11) is 1.97. The highest BCUT2D eigenvalue weighted by Crippen LogP contribution is 2.49. The molecule has 1 N–H and O–H groups in total.